The van der Waals surface area contributed by atoms with Crippen LogP contribution in [0.25, 0.3) is 11.3 Å². The molecule has 0 spiro atoms. The molecule has 0 unspecified atom stereocenters. The first kappa shape index (κ1) is 20.7. The third kappa shape index (κ3) is 4.32. The lowest BCUT2D eigenvalue weighted by atomic mass is 10.1. The van der Waals surface area contributed by atoms with E-state index in [0.717, 1.165) is 16.8 Å². The number of methoxy groups -OCH3 is 2. The first-order chi connectivity index (χ1) is 15.1. The lowest BCUT2D eigenvalue weighted by Crippen LogP contribution is -2.30. The van der Waals surface area contributed by atoms with Crippen LogP contribution in [0, 0.1) is 6.92 Å². The minimum atomic E-state index is -0.200. The summed E-state index contributed by atoms with van der Waals surface area (Å²) in [6.07, 6.45) is 1.59. The Morgan fingerprint density at radius 3 is 2.58 bits per heavy atom. The van der Waals surface area contributed by atoms with Crippen LogP contribution >= 0.6 is 11.3 Å². The van der Waals surface area contributed by atoms with Crippen LogP contribution in [0.15, 0.2) is 70.7 Å². The number of aryl methyl sites for hydroxylation is 1. The van der Waals surface area contributed by atoms with Crippen LogP contribution in [0.5, 0.6) is 11.5 Å². The number of hydrogen-bond acceptors (Lipinski definition) is 6. The quantitative estimate of drug-likeness (QED) is 0.380. The summed E-state index contributed by atoms with van der Waals surface area (Å²) < 4.78 is 16.3. The van der Waals surface area contributed by atoms with Gasteiger partial charge in [-0.25, -0.2) is 4.98 Å². The van der Waals surface area contributed by atoms with Gasteiger partial charge in [-0.05, 0) is 36.8 Å². The molecule has 0 bridgehead atoms. The Labute approximate surface area is 184 Å². The summed E-state index contributed by atoms with van der Waals surface area (Å²) >= 11 is 1.42. The highest BCUT2D eigenvalue weighted by Gasteiger charge is 2.24. The summed E-state index contributed by atoms with van der Waals surface area (Å²) in [5.41, 5.74) is 3.11. The van der Waals surface area contributed by atoms with Crippen LogP contribution in [-0.4, -0.2) is 25.1 Å². The molecule has 6 nitrogen and oxygen atoms in total. The molecule has 0 aliphatic carbocycles. The van der Waals surface area contributed by atoms with E-state index in [1.54, 1.807) is 43.6 Å². The summed E-state index contributed by atoms with van der Waals surface area (Å²) in [5, 5.41) is 2.54. The van der Waals surface area contributed by atoms with E-state index < -0.39 is 0 Å². The Kier molecular flexibility index (Phi) is 6.04. The molecule has 0 fully saturated rings. The van der Waals surface area contributed by atoms with E-state index in [0.29, 0.717) is 28.0 Å². The number of furan rings is 1. The number of aromatic nitrogens is 1. The fourth-order valence-electron chi connectivity index (χ4n) is 3.35. The number of nitrogens with zero attached hydrogens (tertiary/aromatic N) is 2. The van der Waals surface area contributed by atoms with Crippen molar-refractivity contribution in [3.63, 3.8) is 0 Å². The van der Waals surface area contributed by atoms with Crippen molar-refractivity contribution in [2.45, 2.75) is 13.5 Å². The standard InChI is InChI=1S/C24H22N2O4S/c1-16-12-18(13-21(28-2)22(16)29-3)23(27)26(14-19-10-7-11-30-19)24-25-20(15-31-24)17-8-5-4-6-9-17/h4-13,15H,14H2,1-3H3. The van der Waals surface area contributed by atoms with Crippen molar-refractivity contribution in [3.8, 4) is 22.8 Å². The minimum Gasteiger partial charge on any atom is -0.493 e. The second kappa shape index (κ2) is 9.06. The van der Waals surface area contributed by atoms with E-state index in [1.807, 2.05) is 48.7 Å². The van der Waals surface area contributed by atoms with Crippen LogP contribution in [0.3, 0.4) is 0 Å². The number of amides is 1. The summed E-state index contributed by atoms with van der Waals surface area (Å²) in [6.45, 7) is 2.15. The van der Waals surface area contributed by atoms with Crippen LogP contribution in [-0.2, 0) is 6.54 Å². The number of hydrogen-bond donors (Lipinski definition) is 0. The van der Waals surface area contributed by atoms with Crippen LogP contribution < -0.4 is 14.4 Å². The number of carbonyl (C=O) groups is 1. The zero-order valence-electron chi connectivity index (χ0n) is 17.5. The van der Waals surface area contributed by atoms with Crippen LogP contribution in [0.2, 0.25) is 0 Å². The normalized spacial score (nSPS) is 10.7. The summed E-state index contributed by atoms with van der Waals surface area (Å²) in [6, 6.07) is 17.0. The molecule has 31 heavy (non-hydrogen) atoms. The second-order valence-corrected chi connectivity index (χ2v) is 7.72. The molecule has 0 aliphatic rings. The fourth-order valence-corrected chi connectivity index (χ4v) is 4.18. The molecular weight excluding hydrogens is 412 g/mol. The number of carbonyl (C=O) groups excluding carboxylic acids is 1. The molecular formula is C24H22N2O4S. The van der Waals surface area contributed by atoms with E-state index in [4.69, 9.17) is 18.9 Å². The third-order valence-corrected chi connectivity index (χ3v) is 5.71. The maximum atomic E-state index is 13.6. The van der Waals surface area contributed by atoms with Gasteiger partial charge in [-0.2, -0.15) is 0 Å². The van der Waals surface area contributed by atoms with Gasteiger partial charge in [0.05, 0.1) is 32.7 Å². The zero-order chi connectivity index (χ0) is 21.8. The Morgan fingerprint density at radius 1 is 1.10 bits per heavy atom. The molecule has 4 aromatic rings. The molecule has 0 saturated heterocycles. The molecule has 4 rings (SSSR count). The molecule has 0 saturated carbocycles. The summed E-state index contributed by atoms with van der Waals surface area (Å²) in [5.74, 6) is 1.58. The summed E-state index contributed by atoms with van der Waals surface area (Å²) in [4.78, 5) is 19.9. The first-order valence-electron chi connectivity index (χ1n) is 9.68. The van der Waals surface area contributed by atoms with Crippen molar-refractivity contribution in [1.82, 2.24) is 4.98 Å². The second-order valence-electron chi connectivity index (χ2n) is 6.88. The van der Waals surface area contributed by atoms with E-state index >= 15 is 0 Å². The van der Waals surface area contributed by atoms with Gasteiger partial charge in [-0.15, -0.1) is 11.3 Å². The monoisotopic (exact) mass is 434 g/mol. The minimum absolute atomic E-state index is 0.200. The molecule has 0 N–H and O–H groups in total. The van der Waals surface area contributed by atoms with Crippen LogP contribution in [0.4, 0.5) is 5.13 Å². The molecule has 0 aliphatic heterocycles. The predicted molar refractivity (Wildman–Crippen MR) is 121 cm³/mol. The van der Waals surface area contributed by atoms with E-state index in [-0.39, 0.29) is 12.5 Å². The van der Waals surface area contributed by atoms with Crippen molar-refractivity contribution in [2.75, 3.05) is 19.1 Å². The Morgan fingerprint density at radius 2 is 1.90 bits per heavy atom. The third-order valence-electron chi connectivity index (χ3n) is 4.84. The number of rotatable bonds is 7. The van der Waals surface area contributed by atoms with Gasteiger partial charge in [-0.1, -0.05) is 30.3 Å². The topological polar surface area (TPSA) is 64.8 Å². The number of ether oxygens (including phenoxy) is 2. The Balaban J connectivity index is 1.73. The molecule has 0 radical (unpaired) electrons. The lowest BCUT2D eigenvalue weighted by Gasteiger charge is -2.20. The van der Waals surface area contributed by atoms with Gasteiger partial charge >= 0.3 is 0 Å². The predicted octanol–water partition coefficient (Wildman–Crippen LogP) is 5.58. The van der Waals surface area contributed by atoms with Gasteiger partial charge in [-0.3, -0.25) is 9.69 Å². The van der Waals surface area contributed by atoms with E-state index in [2.05, 4.69) is 0 Å². The Hall–Kier alpha value is -3.58. The number of thiazole rings is 1. The largest absolute Gasteiger partial charge is 0.493 e. The molecule has 2 aromatic heterocycles. The fraction of sp³-hybridized carbons (Fsp3) is 0.167. The van der Waals surface area contributed by atoms with Gasteiger partial charge < -0.3 is 13.9 Å². The van der Waals surface area contributed by atoms with E-state index in [1.165, 1.54) is 11.3 Å². The molecule has 7 heteroatoms. The molecule has 2 aromatic carbocycles. The highest BCUT2D eigenvalue weighted by atomic mass is 32.1. The molecule has 158 valence electrons. The Bertz CT molecular complexity index is 1170. The van der Waals surface area contributed by atoms with Gasteiger partial charge in [0.2, 0.25) is 0 Å². The zero-order valence-corrected chi connectivity index (χ0v) is 18.3. The highest BCUT2D eigenvalue weighted by Crippen LogP contribution is 2.34. The first-order valence-corrected chi connectivity index (χ1v) is 10.6. The molecule has 0 atom stereocenters. The number of anilines is 1. The van der Waals surface area contributed by atoms with Gasteiger partial charge in [0.1, 0.15) is 5.76 Å². The van der Waals surface area contributed by atoms with Gasteiger partial charge in [0.15, 0.2) is 16.6 Å². The molecule has 1 amide bonds. The summed E-state index contributed by atoms with van der Waals surface area (Å²) in [7, 11) is 3.13. The smallest absolute Gasteiger partial charge is 0.260 e. The van der Waals surface area contributed by atoms with Crippen molar-refractivity contribution in [2.24, 2.45) is 0 Å². The maximum Gasteiger partial charge on any atom is 0.260 e. The number of benzene rings is 2. The van der Waals surface area contributed by atoms with Crippen molar-refractivity contribution in [1.29, 1.82) is 0 Å². The van der Waals surface area contributed by atoms with E-state index in [9.17, 15) is 4.79 Å². The molecule has 2 heterocycles. The average Bonchev–Trinajstić information content (AvgIpc) is 3.49. The lowest BCUT2D eigenvalue weighted by molar-refractivity contribution is 0.0982. The maximum absolute atomic E-state index is 13.6. The van der Waals surface area contributed by atoms with Crippen molar-refractivity contribution >= 4 is 22.4 Å². The highest BCUT2D eigenvalue weighted by molar-refractivity contribution is 7.14. The van der Waals surface area contributed by atoms with Crippen LogP contribution in [0.1, 0.15) is 21.7 Å². The van der Waals surface area contributed by atoms with Gasteiger partial charge in [0, 0.05) is 16.5 Å². The van der Waals surface area contributed by atoms with Crippen molar-refractivity contribution in [3.05, 3.63) is 83.1 Å². The average molecular weight is 435 g/mol. The van der Waals surface area contributed by atoms with Gasteiger partial charge in [0.25, 0.3) is 5.91 Å². The van der Waals surface area contributed by atoms with Crippen molar-refractivity contribution < 1.29 is 18.7 Å². The SMILES string of the molecule is COc1cc(C(=O)N(Cc2ccco2)c2nc(-c3ccccc3)cs2)cc(C)c1OC.